The summed E-state index contributed by atoms with van der Waals surface area (Å²) in [6.07, 6.45) is 0.427. The highest BCUT2D eigenvalue weighted by Crippen LogP contribution is 2.17. The van der Waals surface area contributed by atoms with Crippen LogP contribution < -0.4 is 5.32 Å². The lowest BCUT2D eigenvalue weighted by molar-refractivity contribution is -0.139. The summed E-state index contributed by atoms with van der Waals surface area (Å²) >= 11 is 0. The first-order valence-corrected chi connectivity index (χ1v) is 9.89. The van der Waals surface area contributed by atoms with Gasteiger partial charge in [0.25, 0.3) is 0 Å². The van der Waals surface area contributed by atoms with Crippen LogP contribution in [0.25, 0.3) is 0 Å². The zero-order valence-electron chi connectivity index (χ0n) is 19.5. The van der Waals surface area contributed by atoms with E-state index in [0.717, 1.165) is 0 Å². The van der Waals surface area contributed by atoms with E-state index in [4.69, 9.17) is 14.2 Å². The molecule has 2 amide bonds. The average molecular weight is 415 g/mol. The molecular weight excluding hydrogens is 376 g/mol. The molecule has 0 heterocycles. The Bertz CT molecular complexity index is 594. The number of hydrogen-bond acceptors (Lipinski definition) is 6. The Kier molecular flexibility index (Phi) is 11.0. The topological polar surface area (TPSA) is 94.2 Å². The van der Waals surface area contributed by atoms with Gasteiger partial charge in [0.2, 0.25) is 5.91 Å². The van der Waals surface area contributed by atoms with Crippen LogP contribution in [0, 0.1) is 5.92 Å². The number of ether oxygens (including phenoxy) is 3. The third-order valence-corrected chi connectivity index (χ3v) is 4.28. The summed E-state index contributed by atoms with van der Waals surface area (Å²) in [5.74, 6) is -0.752. The SMILES string of the molecule is CCOC(=O)/C(C)=C/[C@H](C(C)C)N(C)C(=O)[C@@H](NC(=O)OC(C)(C)C)[C@H](C)OC. The molecule has 0 aliphatic rings. The van der Waals surface area contributed by atoms with Crippen LogP contribution in [-0.2, 0) is 23.8 Å². The fraction of sp³-hybridized carbons (Fsp3) is 0.762. The number of hydrogen-bond donors (Lipinski definition) is 1. The molecule has 168 valence electrons. The summed E-state index contributed by atoms with van der Waals surface area (Å²) in [7, 11) is 3.10. The molecule has 3 atom stereocenters. The maximum absolute atomic E-state index is 13.2. The summed E-state index contributed by atoms with van der Waals surface area (Å²) in [6.45, 7) is 14.5. The van der Waals surface area contributed by atoms with Crippen LogP contribution in [0.5, 0.6) is 0 Å². The third-order valence-electron chi connectivity index (χ3n) is 4.28. The van der Waals surface area contributed by atoms with Gasteiger partial charge in [-0.2, -0.15) is 0 Å². The lowest BCUT2D eigenvalue weighted by atomic mass is 9.98. The lowest BCUT2D eigenvalue weighted by Gasteiger charge is -2.34. The zero-order valence-corrected chi connectivity index (χ0v) is 19.5. The van der Waals surface area contributed by atoms with Crippen molar-refractivity contribution in [1.29, 1.82) is 0 Å². The largest absolute Gasteiger partial charge is 0.463 e. The average Bonchev–Trinajstić information content (AvgIpc) is 2.60. The monoisotopic (exact) mass is 414 g/mol. The highest BCUT2D eigenvalue weighted by Gasteiger charge is 2.34. The van der Waals surface area contributed by atoms with E-state index in [0.29, 0.717) is 5.57 Å². The van der Waals surface area contributed by atoms with Gasteiger partial charge in [-0.05, 0) is 47.5 Å². The fourth-order valence-electron chi connectivity index (χ4n) is 2.64. The predicted molar refractivity (Wildman–Crippen MR) is 111 cm³/mol. The number of carbonyl (C=O) groups excluding carboxylic acids is 3. The van der Waals surface area contributed by atoms with Crippen molar-refractivity contribution < 1.29 is 28.6 Å². The maximum Gasteiger partial charge on any atom is 0.408 e. The van der Waals surface area contributed by atoms with Gasteiger partial charge in [0.15, 0.2) is 0 Å². The highest BCUT2D eigenvalue weighted by atomic mass is 16.6. The lowest BCUT2D eigenvalue weighted by Crippen LogP contribution is -2.56. The second-order valence-corrected chi connectivity index (χ2v) is 8.32. The van der Waals surface area contributed by atoms with Gasteiger partial charge in [-0.15, -0.1) is 0 Å². The van der Waals surface area contributed by atoms with Crippen molar-refractivity contribution in [2.24, 2.45) is 5.92 Å². The Morgan fingerprint density at radius 1 is 1.14 bits per heavy atom. The van der Waals surface area contributed by atoms with Gasteiger partial charge >= 0.3 is 12.1 Å². The van der Waals surface area contributed by atoms with Crippen LogP contribution in [0.3, 0.4) is 0 Å². The van der Waals surface area contributed by atoms with Crippen molar-refractivity contribution in [2.45, 2.75) is 79.2 Å². The van der Waals surface area contributed by atoms with E-state index >= 15 is 0 Å². The number of alkyl carbamates (subject to hydrolysis) is 1. The quantitative estimate of drug-likeness (QED) is 0.460. The molecule has 0 aromatic heterocycles. The first-order chi connectivity index (χ1) is 13.2. The minimum Gasteiger partial charge on any atom is -0.463 e. The van der Waals surface area contributed by atoms with Gasteiger partial charge in [-0.3, -0.25) is 4.79 Å². The van der Waals surface area contributed by atoms with Crippen molar-refractivity contribution >= 4 is 18.0 Å². The minimum atomic E-state index is -0.947. The van der Waals surface area contributed by atoms with Gasteiger partial charge in [0.05, 0.1) is 18.8 Å². The van der Waals surface area contributed by atoms with E-state index in [1.54, 1.807) is 54.7 Å². The molecule has 0 fully saturated rings. The second kappa shape index (κ2) is 11.8. The van der Waals surface area contributed by atoms with E-state index in [-0.39, 0.29) is 24.5 Å². The molecule has 1 N–H and O–H groups in total. The summed E-state index contributed by atoms with van der Waals surface area (Å²) < 4.78 is 15.6. The molecule has 0 aromatic carbocycles. The Labute approximate surface area is 174 Å². The number of carbonyl (C=O) groups is 3. The number of amides is 2. The van der Waals surface area contributed by atoms with Crippen molar-refractivity contribution in [2.75, 3.05) is 20.8 Å². The first-order valence-electron chi connectivity index (χ1n) is 9.89. The van der Waals surface area contributed by atoms with E-state index in [2.05, 4.69) is 5.32 Å². The molecule has 0 bridgehead atoms. The van der Waals surface area contributed by atoms with Gasteiger partial charge in [0, 0.05) is 19.7 Å². The van der Waals surface area contributed by atoms with Crippen LogP contribution in [0.1, 0.15) is 55.4 Å². The molecule has 8 heteroatoms. The van der Waals surface area contributed by atoms with E-state index in [1.807, 2.05) is 13.8 Å². The fourth-order valence-corrected chi connectivity index (χ4v) is 2.64. The van der Waals surface area contributed by atoms with E-state index in [9.17, 15) is 14.4 Å². The summed E-state index contributed by atoms with van der Waals surface area (Å²) in [5.41, 5.74) is -0.276. The molecule has 0 saturated carbocycles. The van der Waals surface area contributed by atoms with Crippen molar-refractivity contribution in [3.05, 3.63) is 11.6 Å². The third kappa shape index (κ3) is 9.30. The second-order valence-electron chi connectivity index (χ2n) is 8.32. The van der Waals surface area contributed by atoms with Crippen LogP contribution in [0.4, 0.5) is 4.79 Å². The molecule has 0 radical (unpaired) electrons. The normalized spacial score (nSPS) is 15.3. The molecule has 8 nitrogen and oxygen atoms in total. The van der Waals surface area contributed by atoms with Gasteiger partial charge < -0.3 is 24.4 Å². The smallest absolute Gasteiger partial charge is 0.408 e. The Morgan fingerprint density at radius 2 is 1.69 bits per heavy atom. The summed E-state index contributed by atoms with van der Waals surface area (Å²) in [6, 6.07) is -1.32. The number of nitrogens with one attached hydrogen (secondary N) is 1. The highest BCUT2D eigenvalue weighted by molar-refractivity contribution is 5.89. The Morgan fingerprint density at radius 3 is 2.10 bits per heavy atom. The van der Waals surface area contributed by atoms with Crippen LogP contribution >= 0.6 is 0 Å². The van der Waals surface area contributed by atoms with Gasteiger partial charge in [-0.1, -0.05) is 19.9 Å². The van der Waals surface area contributed by atoms with E-state index < -0.39 is 29.8 Å². The van der Waals surface area contributed by atoms with E-state index in [1.165, 1.54) is 12.0 Å². The number of methoxy groups -OCH3 is 1. The predicted octanol–water partition coefficient (Wildman–Crippen LogP) is 2.91. The van der Waals surface area contributed by atoms with Crippen molar-refractivity contribution in [3.8, 4) is 0 Å². The van der Waals surface area contributed by atoms with Gasteiger partial charge in [-0.25, -0.2) is 9.59 Å². The molecule has 0 spiro atoms. The summed E-state index contributed by atoms with van der Waals surface area (Å²) in [4.78, 5) is 38.9. The molecule has 0 unspecified atom stereocenters. The van der Waals surface area contributed by atoms with Crippen LogP contribution in [0.15, 0.2) is 11.6 Å². The molecule has 29 heavy (non-hydrogen) atoms. The van der Waals surface area contributed by atoms with Crippen LogP contribution in [-0.4, -0.2) is 67.4 Å². The molecule has 0 aromatic rings. The molecule has 0 saturated heterocycles. The molecular formula is C21H38N2O6. The van der Waals surface area contributed by atoms with Crippen molar-refractivity contribution in [1.82, 2.24) is 10.2 Å². The molecule has 0 aliphatic carbocycles. The number of esters is 1. The Hall–Kier alpha value is -2.09. The number of likely N-dealkylation sites (N-methyl/N-ethyl adjacent to an activating group) is 1. The molecule has 0 aliphatic heterocycles. The standard InChI is InChI=1S/C21H38N2O6/c1-11-28-19(25)14(4)12-16(13(2)3)23(9)18(24)17(15(5)27-10)22-20(26)29-21(6,7)8/h12-13,15-17H,11H2,1-10H3,(H,22,26)/b14-12+/t15-,16+,17-/m0/s1. The zero-order chi connectivity index (χ0) is 22.9. The maximum atomic E-state index is 13.2. The Balaban J connectivity index is 5.64. The summed E-state index contributed by atoms with van der Waals surface area (Å²) in [5, 5.41) is 2.61. The first kappa shape index (κ1) is 26.9. The van der Waals surface area contributed by atoms with Crippen molar-refractivity contribution in [3.63, 3.8) is 0 Å². The number of nitrogens with zero attached hydrogens (tertiary/aromatic N) is 1. The minimum absolute atomic E-state index is 0.0216. The molecule has 0 rings (SSSR count). The van der Waals surface area contributed by atoms with Gasteiger partial charge in [0.1, 0.15) is 11.6 Å². The number of rotatable bonds is 9. The van der Waals surface area contributed by atoms with Crippen LogP contribution in [0.2, 0.25) is 0 Å².